The lowest BCUT2D eigenvalue weighted by Crippen LogP contribution is -2.63. The molecule has 5 rings (SSSR count). The van der Waals surface area contributed by atoms with E-state index in [1.807, 2.05) is 30.3 Å². The molecule has 0 heterocycles. The third kappa shape index (κ3) is 6.37. The Kier molecular flexibility index (Phi) is 9.95. The summed E-state index contributed by atoms with van der Waals surface area (Å²) in [6.45, 7) is 6.79. The van der Waals surface area contributed by atoms with Crippen LogP contribution in [0.15, 0.2) is 30.3 Å². The minimum Gasteiger partial charge on any atom is -0.469 e. The molecule has 0 spiro atoms. The first kappa shape index (κ1) is 32.7. The predicted molar refractivity (Wildman–Crippen MR) is 165 cm³/mol. The number of ether oxygens (including phenoxy) is 2. The van der Waals surface area contributed by atoms with E-state index in [2.05, 4.69) is 31.4 Å². The zero-order valence-corrected chi connectivity index (χ0v) is 26.8. The molecule has 0 unspecified atom stereocenters. The van der Waals surface area contributed by atoms with Crippen molar-refractivity contribution in [1.29, 1.82) is 0 Å². The number of benzene rings is 1. The van der Waals surface area contributed by atoms with Crippen molar-refractivity contribution in [2.24, 2.45) is 46.3 Å². The second kappa shape index (κ2) is 13.4. The number of hydrogen-bond donors (Lipinski definition) is 4. The summed E-state index contributed by atoms with van der Waals surface area (Å²) in [6.07, 6.45) is 5.59. The van der Waals surface area contributed by atoms with Gasteiger partial charge in [0.25, 0.3) is 0 Å². The third-order valence-corrected chi connectivity index (χ3v) is 12.6. The molecule has 4 aliphatic rings. The largest absolute Gasteiger partial charge is 0.469 e. The molecule has 2 amide bonds. The van der Waals surface area contributed by atoms with Crippen LogP contribution in [0, 0.1) is 46.3 Å². The van der Waals surface area contributed by atoms with E-state index < -0.39 is 18.3 Å². The van der Waals surface area contributed by atoms with E-state index in [1.54, 1.807) is 0 Å². The maximum atomic E-state index is 12.7. The molecule has 1 aromatic carbocycles. The maximum absolute atomic E-state index is 12.7. The van der Waals surface area contributed by atoms with Crippen LogP contribution < -0.4 is 10.6 Å². The monoisotopic (exact) mass is 612 g/mol. The van der Waals surface area contributed by atoms with Gasteiger partial charge in [0.1, 0.15) is 13.2 Å². The Hall–Kier alpha value is -2.65. The van der Waals surface area contributed by atoms with Crippen molar-refractivity contribution in [3.8, 4) is 0 Å². The van der Waals surface area contributed by atoms with Gasteiger partial charge in [-0.15, -0.1) is 0 Å². The maximum Gasteiger partial charge on any atom is 0.407 e. The molecular formula is C35H52N2O7. The van der Waals surface area contributed by atoms with Crippen LogP contribution in [0.1, 0.15) is 84.1 Å². The Balaban J connectivity index is 1.16. The minimum atomic E-state index is -0.628. The molecule has 0 saturated heterocycles. The molecule has 4 aliphatic carbocycles. The molecule has 4 N–H and O–H groups in total. The summed E-state index contributed by atoms with van der Waals surface area (Å²) < 4.78 is 10.1. The highest BCUT2D eigenvalue weighted by molar-refractivity contribution is 5.82. The number of esters is 1. The highest BCUT2D eigenvalue weighted by atomic mass is 16.5. The summed E-state index contributed by atoms with van der Waals surface area (Å²) in [6, 6.07) is 9.37. The zero-order chi connectivity index (χ0) is 31.6. The van der Waals surface area contributed by atoms with Gasteiger partial charge in [-0.3, -0.25) is 9.59 Å². The lowest BCUT2D eigenvalue weighted by atomic mass is 9.43. The fraction of sp³-hybridized carbons (Fsp3) is 0.743. The van der Waals surface area contributed by atoms with Gasteiger partial charge in [-0.1, -0.05) is 51.1 Å². The van der Waals surface area contributed by atoms with Gasteiger partial charge in [0.2, 0.25) is 5.91 Å². The highest BCUT2D eigenvalue weighted by Gasteiger charge is 2.65. The van der Waals surface area contributed by atoms with Crippen molar-refractivity contribution >= 4 is 18.0 Å². The molecule has 0 aromatic heterocycles. The van der Waals surface area contributed by atoms with E-state index in [-0.39, 0.29) is 65.6 Å². The number of fused-ring (bicyclic) bond motifs is 5. The fourth-order valence-corrected chi connectivity index (χ4v) is 10.1. The topological polar surface area (TPSA) is 134 Å². The van der Waals surface area contributed by atoms with E-state index in [0.717, 1.165) is 44.1 Å². The summed E-state index contributed by atoms with van der Waals surface area (Å²) >= 11 is 0. The Morgan fingerprint density at radius 1 is 1.02 bits per heavy atom. The average molecular weight is 613 g/mol. The van der Waals surface area contributed by atoms with Gasteiger partial charge >= 0.3 is 12.1 Å². The van der Waals surface area contributed by atoms with Crippen LogP contribution in [0.5, 0.6) is 0 Å². The second-order valence-electron chi connectivity index (χ2n) is 14.6. The lowest BCUT2D eigenvalue weighted by molar-refractivity contribution is -0.202. The number of rotatable bonds is 9. The molecule has 244 valence electrons. The summed E-state index contributed by atoms with van der Waals surface area (Å²) in [5.41, 5.74) is 0.588. The summed E-state index contributed by atoms with van der Waals surface area (Å²) in [5, 5.41) is 29.2. The van der Waals surface area contributed by atoms with Gasteiger partial charge in [0.15, 0.2) is 0 Å². The quantitative estimate of drug-likeness (QED) is 0.300. The Morgan fingerprint density at radius 3 is 2.50 bits per heavy atom. The first-order valence-corrected chi connectivity index (χ1v) is 16.6. The van der Waals surface area contributed by atoms with Crippen LogP contribution in [0.4, 0.5) is 4.79 Å². The van der Waals surface area contributed by atoms with E-state index >= 15 is 0 Å². The summed E-state index contributed by atoms with van der Waals surface area (Å²) in [5.74, 6) is 1.04. The van der Waals surface area contributed by atoms with Crippen LogP contribution in [-0.4, -0.2) is 60.1 Å². The normalized spacial score (nSPS) is 38.3. The number of alkyl carbamates (subject to hydrolysis) is 1. The number of amides is 2. The number of methoxy groups -OCH3 is 1. The summed E-state index contributed by atoms with van der Waals surface area (Å²) in [7, 11) is 1.43. The fourth-order valence-electron chi connectivity index (χ4n) is 10.1. The van der Waals surface area contributed by atoms with Gasteiger partial charge in [-0.25, -0.2) is 4.79 Å². The number of aliphatic hydroxyl groups is 2. The molecular weight excluding hydrogens is 560 g/mol. The van der Waals surface area contributed by atoms with Crippen LogP contribution in [0.25, 0.3) is 0 Å². The first-order valence-electron chi connectivity index (χ1n) is 16.6. The predicted octanol–water partition coefficient (Wildman–Crippen LogP) is 4.59. The van der Waals surface area contributed by atoms with Crippen molar-refractivity contribution in [1.82, 2.24) is 10.6 Å². The number of carbonyl (C=O) groups is 3. The molecule has 4 fully saturated rings. The molecule has 1 aromatic rings. The van der Waals surface area contributed by atoms with E-state index in [0.29, 0.717) is 31.1 Å². The standard InChI is InChI=1S/C35H52N2O7/c1-21(10-13-31(41)43-4)25-11-12-26-32-27(18-29(39)35(25,26)3)34(2)15-14-24(16-23(34)17-28(32)38)37-30(40)19-36-33(42)44-20-22-8-6-5-7-9-22/h5-9,21,23-29,32,38-39H,10-20H2,1-4H3,(H,36,42)(H,37,40)/t21-,23+,24+,25-,26+,27+,28-,29+,32+,34+,35-/m1/s1. The van der Waals surface area contributed by atoms with Crippen molar-refractivity contribution in [2.45, 2.75) is 103 Å². The number of carbonyl (C=O) groups excluding carboxylic acids is 3. The highest BCUT2D eigenvalue weighted by Crippen LogP contribution is 2.68. The van der Waals surface area contributed by atoms with E-state index in [1.165, 1.54) is 7.11 Å². The lowest BCUT2D eigenvalue weighted by Gasteiger charge is -2.63. The third-order valence-electron chi connectivity index (χ3n) is 12.6. The van der Waals surface area contributed by atoms with Crippen molar-refractivity contribution < 1.29 is 34.1 Å². The first-order chi connectivity index (χ1) is 21.0. The van der Waals surface area contributed by atoms with E-state index in [9.17, 15) is 24.6 Å². The molecule has 4 saturated carbocycles. The molecule has 0 radical (unpaired) electrons. The minimum absolute atomic E-state index is 0.0124. The van der Waals surface area contributed by atoms with Gasteiger partial charge in [-0.2, -0.15) is 0 Å². The van der Waals surface area contributed by atoms with Crippen molar-refractivity contribution in [3.63, 3.8) is 0 Å². The Morgan fingerprint density at radius 2 is 1.77 bits per heavy atom. The van der Waals surface area contributed by atoms with Gasteiger partial charge in [0.05, 0.1) is 19.3 Å². The Labute approximate surface area is 261 Å². The number of hydrogen-bond acceptors (Lipinski definition) is 7. The molecule has 0 aliphatic heterocycles. The van der Waals surface area contributed by atoms with E-state index in [4.69, 9.17) is 9.47 Å². The van der Waals surface area contributed by atoms with Gasteiger partial charge in [0, 0.05) is 12.5 Å². The van der Waals surface area contributed by atoms with Gasteiger partial charge in [-0.05, 0) is 103 Å². The molecule has 44 heavy (non-hydrogen) atoms. The second-order valence-corrected chi connectivity index (χ2v) is 14.6. The molecule has 11 atom stereocenters. The van der Waals surface area contributed by atoms with Crippen LogP contribution in [-0.2, 0) is 25.7 Å². The van der Waals surface area contributed by atoms with Crippen LogP contribution >= 0.6 is 0 Å². The van der Waals surface area contributed by atoms with Crippen LogP contribution in [0.2, 0.25) is 0 Å². The number of aliphatic hydroxyl groups excluding tert-OH is 2. The van der Waals surface area contributed by atoms with Crippen molar-refractivity contribution in [3.05, 3.63) is 35.9 Å². The molecule has 9 nitrogen and oxygen atoms in total. The summed E-state index contributed by atoms with van der Waals surface area (Å²) in [4.78, 5) is 36.6. The van der Waals surface area contributed by atoms with Crippen molar-refractivity contribution in [2.75, 3.05) is 13.7 Å². The molecule has 9 heteroatoms. The van der Waals surface area contributed by atoms with Crippen LogP contribution in [0.3, 0.4) is 0 Å². The molecule has 0 bridgehead atoms. The average Bonchev–Trinajstić information content (AvgIpc) is 3.37. The zero-order valence-electron chi connectivity index (χ0n) is 26.8. The van der Waals surface area contributed by atoms with Gasteiger partial charge < -0.3 is 30.3 Å². The number of nitrogens with one attached hydrogen (secondary N) is 2. The smallest absolute Gasteiger partial charge is 0.407 e. The SMILES string of the molecule is COC(=O)CC[C@@H](C)[C@H]1CC[C@H]2[C@@H]3[C@H](O)C[C@@H]4C[C@@H](NC(=O)CNC(=O)OCc5ccccc5)CC[C@]4(C)[C@H]3C[C@H](O)[C@]12C. The Bertz CT molecular complexity index is 1180.